The van der Waals surface area contributed by atoms with Crippen LogP contribution in [-0.2, 0) is 11.3 Å². The summed E-state index contributed by atoms with van der Waals surface area (Å²) < 4.78 is 24.0. The number of hydrogen-bond donors (Lipinski definition) is 1. The highest BCUT2D eigenvalue weighted by atomic mass is 19.1. The minimum atomic E-state index is -0.212. The molecule has 1 saturated carbocycles. The third kappa shape index (κ3) is 4.23. The van der Waals surface area contributed by atoms with Gasteiger partial charge in [-0.25, -0.2) is 4.39 Å². The maximum atomic E-state index is 13.3. The second-order valence-electron chi connectivity index (χ2n) is 6.67. The fraction of sp³-hybridized carbons (Fsp3) is 0.556. The maximum absolute atomic E-state index is 13.3. The van der Waals surface area contributed by atoms with Crippen molar-refractivity contribution in [2.45, 2.75) is 31.3 Å². The van der Waals surface area contributed by atoms with Gasteiger partial charge in [0.25, 0.3) is 0 Å². The Morgan fingerprint density at radius 3 is 2.68 bits per heavy atom. The predicted octanol–water partition coefficient (Wildman–Crippen LogP) is 2.25. The molecule has 1 N–H and O–H groups in total. The van der Waals surface area contributed by atoms with Gasteiger partial charge in [-0.15, -0.1) is 0 Å². The Labute approximate surface area is 146 Å². The summed E-state index contributed by atoms with van der Waals surface area (Å²) in [6.45, 7) is 4.47. The first-order chi connectivity index (χ1) is 12.3. The second-order valence-corrected chi connectivity index (χ2v) is 6.67. The van der Waals surface area contributed by atoms with Crippen molar-refractivity contribution < 1.29 is 13.7 Å². The average Bonchev–Trinajstić information content (AvgIpc) is 3.39. The quantitative estimate of drug-likeness (QED) is 0.830. The van der Waals surface area contributed by atoms with Crippen LogP contribution in [0.15, 0.2) is 28.8 Å². The molecule has 2 aliphatic rings. The van der Waals surface area contributed by atoms with Crippen molar-refractivity contribution in [3.05, 3.63) is 47.4 Å². The van der Waals surface area contributed by atoms with Gasteiger partial charge in [-0.3, -0.25) is 4.90 Å². The summed E-state index contributed by atoms with van der Waals surface area (Å²) in [4.78, 5) is 6.81. The zero-order chi connectivity index (χ0) is 17.1. The lowest BCUT2D eigenvalue weighted by molar-refractivity contribution is 0.0159. The lowest BCUT2D eigenvalue weighted by Gasteiger charge is -2.35. The van der Waals surface area contributed by atoms with E-state index in [-0.39, 0.29) is 11.9 Å². The van der Waals surface area contributed by atoms with Gasteiger partial charge in [0, 0.05) is 31.6 Å². The summed E-state index contributed by atoms with van der Waals surface area (Å²) in [6, 6.07) is 6.91. The van der Waals surface area contributed by atoms with Gasteiger partial charge in [0.15, 0.2) is 5.82 Å². The Morgan fingerprint density at radius 2 is 1.96 bits per heavy atom. The molecule has 4 rings (SSSR count). The molecule has 134 valence electrons. The van der Waals surface area contributed by atoms with E-state index in [1.807, 2.05) is 12.1 Å². The zero-order valence-corrected chi connectivity index (χ0v) is 14.2. The number of halogens is 1. The van der Waals surface area contributed by atoms with Crippen molar-refractivity contribution >= 4 is 0 Å². The first kappa shape index (κ1) is 16.6. The predicted molar refractivity (Wildman–Crippen MR) is 89.5 cm³/mol. The monoisotopic (exact) mass is 346 g/mol. The lowest BCUT2D eigenvalue weighted by atomic mass is 10.0. The molecule has 1 saturated heterocycles. The minimum absolute atomic E-state index is 0.162. The molecule has 1 aliphatic heterocycles. The molecule has 2 aromatic rings. The highest BCUT2D eigenvalue weighted by Crippen LogP contribution is 2.38. The van der Waals surface area contributed by atoms with Crippen LogP contribution in [0.3, 0.4) is 0 Å². The first-order valence-corrected chi connectivity index (χ1v) is 8.90. The standard InChI is InChI=1S/C18H23FN4O2/c19-15-5-3-13(4-6-15)16(23-7-9-24-10-8-23)11-20-12-17-21-18(22-25-17)14-1-2-14/h3-6,14,16,20H,1-2,7-12H2. The van der Waals surface area contributed by atoms with Crippen LogP contribution in [-0.4, -0.2) is 47.9 Å². The van der Waals surface area contributed by atoms with Gasteiger partial charge in [0.1, 0.15) is 5.82 Å². The van der Waals surface area contributed by atoms with Crippen LogP contribution in [0.1, 0.15) is 42.1 Å². The van der Waals surface area contributed by atoms with Gasteiger partial charge in [0.05, 0.1) is 19.8 Å². The number of ether oxygens (including phenoxy) is 1. The van der Waals surface area contributed by atoms with Crippen LogP contribution < -0.4 is 5.32 Å². The molecule has 0 bridgehead atoms. The van der Waals surface area contributed by atoms with E-state index in [9.17, 15) is 4.39 Å². The zero-order valence-electron chi connectivity index (χ0n) is 14.2. The molecule has 2 fully saturated rings. The van der Waals surface area contributed by atoms with Gasteiger partial charge >= 0.3 is 0 Å². The van der Waals surface area contributed by atoms with Gasteiger partial charge < -0.3 is 14.6 Å². The summed E-state index contributed by atoms with van der Waals surface area (Å²) in [5.74, 6) is 1.75. The summed E-state index contributed by atoms with van der Waals surface area (Å²) in [5.41, 5.74) is 1.10. The number of aromatic nitrogens is 2. The highest BCUT2D eigenvalue weighted by Gasteiger charge is 2.29. The van der Waals surface area contributed by atoms with Gasteiger partial charge in [-0.05, 0) is 30.5 Å². The molecule has 1 atom stereocenters. The number of hydrogen-bond acceptors (Lipinski definition) is 6. The first-order valence-electron chi connectivity index (χ1n) is 8.90. The van der Waals surface area contributed by atoms with E-state index < -0.39 is 0 Å². The Hall–Kier alpha value is -1.83. The molecule has 6 nitrogen and oxygen atoms in total. The normalized spacial score (nSPS) is 19.9. The fourth-order valence-electron chi connectivity index (χ4n) is 3.19. The number of benzene rings is 1. The molecule has 1 aromatic carbocycles. The number of rotatable bonds is 7. The fourth-order valence-corrected chi connectivity index (χ4v) is 3.19. The molecule has 25 heavy (non-hydrogen) atoms. The van der Waals surface area contributed by atoms with Crippen LogP contribution in [0, 0.1) is 5.82 Å². The van der Waals surface area contributed by atoms with Crippen molar-refractivity contribution in [2.24, 2.45) is 0 Å². The molecule has 0 amide bonds. The Morgan fingerprint density at radius 1 is 1.20 bits per heavy atom. The summed E-state index contributed by atoms with van der Waals surface area (Å²) in [5, 5.41) is 7.45. The third-order valence-electron chi connectivity index (χ3n) is 4.78. The van der Waals surface area contributed by atoms with E-state index in [1.165, 1.54) is 12.1 Å². The Bertz CT molecular complexity index is 681. The molecule has 7 heteroatoms. The largest absolute Gasteiger partial charge is 0.379 e. The molecule has 2 heterocycles. The lowest BCUT2D eigenvalue weighted by Crippen LogP contribution is -2.42. The van der Waals surface area contributed by atoms with Crippen molar-refractivity contribution in [1.29, 1.82) is 0 Å². The molecule has 1 aromatic heterocycles. The van der Waals surface area contributed by atoms with Crippen molar-refractivity contribution in [2.75, 3.05) is 32.8 Å². The van der Waals surface area contributed by atoms with Gasteiger partial charge in [-0.2, -0.15) is 4.98 Å². The molecule has 1 aliphatic carbocycles. The van der Waals surface area contributed by atoms with Gasteiger partial charge in [0.2, 0.25) is 5.89 Å². The summed E-state index contributed by atoms with van der Waals surface area (Å²) in [6.07, 6.45) is 2.33. The second kappa shape index (κ2) is 7.59. The van der Waals surface area contributed by atoms with E-state index in [0.717, 1.165) is 57.1 Å². The molecule has 1 unspecified atom stereocenters. The van der Waals surface area contributed by atoms with E-state index >= 15 is 0 Å². The Kier molecular flexibility index (Phi) is 5.05. The van der Waals surface area contributed by atoms with Crippen molar-refractivity contribution in [3.63, 3.8) is 0 Å². The molecular weight excluding hydrogens is 323 g/mol. The highest BCUT2D eigenvalue weighted by molar-refractivity contribution is 5.20. The van der Waals surface area contributed by atoms with Crippen LogP contribution in [0.5, 0.6) is 0 Å². The van der Waals surface area contributed by atoms with E-state index in [0.29, 0.717) is 18.4 Å². The smallest absolute Gasteiger partial charge is 0.240 e. The van der Waals surface area contributed by atoms with Crippen LogP contribution in [0.4, 0.5) is 4.39 Å². The van der Waals surface area contributed by atoms with E-state index in [1.54, 1.807) is 0 Å². The topological polar surface area (TPSA) is 63.4 Å². The minimum Gasteiger partial charge on any atom is -0.379 e. The molecular formula is C18H23FN4O2. The summed E-state index contributed by atoms with van der Waals surface area (Å²) in [7, 11) is 0. The molecule has 0 radical (unpaired) electrons. The Balaban J connectivity index is 1.39. The van der Waals surface area contributed by atoms with Crippen LogP contribution in [0.25, 0.3) is 0 Å². The SMILES string of the molecule is Fc1ccc(C(CNCc2nc(C3CC3)no2)N2CCOCC2)cc1. The van der Waals surface area contributed by atoms with E-state index in [4.69, 9.17) is 9.26 Å². The maximum Gasteiger partial charge on any atom is 0.240 e. The average molecular weight is 346 g/mol. The van der Waals surface area contributed by atoms with Crippen LogP contribution >= 0.6 is 0 Å². The van der Waals surface area contributed by atoms with E-state index in [2.05, 4.69) is 20.4 Å². The van der Waals surface area contributed by atoms with Crippen molar-refractivity contribution in [3.8, 4) is 0 Å². The number of nitrogens with one attached hydrogen (secondary N) is 1. The summed E-state index contributed by atoms with van der Waals surface area (Å²) >= 11 is 0. The molecule has 0 spiro atoms. The number of nitrogens with zero attached hydrogens (tertiary/aromatic N) is 3. The van der Waals surface area contributed by atoms with Gasteiger partial charge in [-0.1, -0.05) is 17.3 Å². The number of morpholine rings is 1. The van der Waals surface area contributed by atoms with Crippen LogP contribution in [0.2, 0.25) is 0 Å². The van der Waals surface area contributed by atoms with Crippen molar-refractivity contribution in [1.82, 2.24) is 20.4 Å². The third-order valence-corrected chi connectivity index (χ3v) is 4.78.